The second-order valence-corrected chi connectivity index (χ2v) is 5.57. The van der Waals surface area contributed by atoms with Gasteiger partial charge in [0.25, 0.3) is 0 Å². The van der Waals surface area contributed by atoms with Crippen LogP contribution in [-0.2, 0) is 17.6 Å². The minimum absolute atomic E-state index is 0.0360. The minimum atomic E-state index is -0.965. The molecule has 0 bridgehead atoms. The zero-order valence-corrected chi connectivity index (χ0v) is 12.6. The van der Waals surface area contributed by atoms with Gasteiger partial charge >= 0.3 is 0 Å². The fourth-order valence-electron chi connectivity index (χ4n) is 3.05. The molecule has 1 aliphatic rings. The summed E-state index contributed by atoms with van der Waals surface area (Å²) in [6, 6.07) is 6.02. The highest BCUT2D eigenvalue weighted by Gasteiger charge is 2.39. The van der Waals surface area contributed by atoms with Crippen molar-refractivity contribution >= 4 is 17.4 Å². The molecular weight excluding hydrogens is 266 g/mol. The lowest BCUT2D eigenvalue weighted by Crippen LogP contribution is -2.46. The van der Waals surface area contributed by atoms with Crippen LogP contribution >= 0.6 is 0 Å². The first kappa shape index (κ1) is 15.4. The smallest absolute Gasteiger partial charge is 0.238 e. The van der Waals surface area contributed by atoms with Crippen LogP contribution in [0.15, 0.2) is 23.4 Å². The van der Waals surface area contributed by atoms with Gasteiger partial charge in [-0.3, -0.25) is 4.79 Å². The van der Waals surface area contributed by atoms with Crippen LogP contribution < -0.4 is 11.1 Å². The maximum Gasteiger partial charge on any atom is 0.238 e. The second-order valence-electron chi connectivity index (χ2n) is 5.57. The lowest BCUT2D eigenvalue weighted by atomic mass is 9.80. The molecule has 1 aliphatic carbocycles. The third-order valence-electron chi connectivity index (χ3n) is 4.60. The Hall–Kier alpha value is -2.04. The summed E-state index contributed by atoms with van der Waals surface area (Å²) in [5.74, 6) is -0.257. The third-order valence-corrected chi connectivity index (χ3v) is 4.60. The molecule has 0 unspecified atom stereocenters. The van der Waals surface area contributed by atoms with Gasteiger partial charge in [0.1, 0.15) is 5.41 Å². The van der Waals surface area contributed by atoms with Gasteiger partial charge in [0.2, 0.25) is 5.91 Å². The van der Waals surface area contributed by atoms with Crippen LogP contribution in [0.25, 0.3) is 0 Å². The summed E-state index contributed by atoms with van der Waals surface area (Å²) >= 11 is 0. The van der Waals surface area contributed by atoms with Crippen LogP contribution in [0.2, 0.25) is 0 Å². The molecule has 0 saturated carbocycles. The third kappa shape index (κ3) is 2.73. The Labute approximate surface area is 125 Å². The van der Waals surface area contributed by atoms with Gasteiger partial charge < -0.3 is 16.3 Å². The Bertz CT molecular complexity index is 563. The van der Waals surface area contributed by atoms with E-state index in [1.54, 1.807) is 0 Å². The summed E-state index contributed by atoms with van der Waals surface area (Å²) in [4.78, 5) is 12.6. The number of hydrogen-bond acceptors (Lipinski definition) is 3. The van der Waals surface area contributed by atoms with E-state index in [4.69, 9.17) is 10.9 Å². The highest BCUT2D eigenvalue weighted by Crippen LogP contribution is 2.30. The summed E-state index contributed by atoms with van der Waals surface area (Å²) in [6.07, 6.45) is 4.31. The minimum Gasteiger partial charge on any atom is -0.409 e. The average molecular weight is 289 g/mol. The van der Waals surface area contributed by atoms with Crippen LogP contribution in [-0.4, -0.2) is 17.0 Å². The second kappa shape index (κ2) is 6.16. The number of oxime groups is 1. The molecule has 0 aromatic heterocycles. The molecule has 4 N–H and O–H groups in total. The number of fused-ring (bicyclic) bond motifs is 1. The van der Waals surface area contributed by atoms with Gasteiger partial charge in [-0.1, -0.05) is 25.1 Å². The molecule has 5 nitrogen and oxygen atoms in total. The maximum atomic E-state index is 12.6. The Morgan fingerprint density at radius 2 is 2.00 bits per heavy atom. The maximum absolute atomic E-state index is 12.6. The van der Waals surface area contributed by atoms with Gasteiger partial charge in [-0.15, -0.1) is 0 Å². The van der Waals surface area contributed by atoms with E-state index < -0.39 is 5.41 Å². The lowest BCUT2D eigenvalue weighted by Gasteiger charge is -2.28. The average Bonchev–Trinajstić information content (AvgIpc) is 2.96. The number of aryl methyl sites for hydroxylation is 2. The predicted molar refractivity (Wildman–Crippen MR) is 83.5 cm³/mol. The number of nitrogens with zero attached hydrogens (tertiary/aromatic N) is 1. The number of carbonyl (C=O) groups is 1. The van der Waals surface area contributed by atoms with Crippen molar-refractivity contribution in [1.29, 1.82) is 0 Å². The van der Waals surface area contributed by atoms with Crippen LogP contribution in [0.3, 0.4) is 0 Å². The Morgan fingerprint density at radius 3 is 2.62 bits per heavy atom. The number of hydrogen-bond donors (Lipinski definition) is 3. The molecule has 1 amide bonds. The van der Waals surface area contributed by atoms with Gasteiger partial charge in [0.05, 0.1) is 0 Å². The number of nitrogens with one attached hydrogen (secondary N) is 1. The van der Waals surface area contributed by atoms with Crippen molar-refractivity contribution in [1.82, 2.24) is 0 Å². The Morgan fingerprint density at radius 1 is 1.33 bits per heavy atom. The summed E-state index contributed by atoms with van der Waals surface area (Å²) < 4.78 is 0. The van der Waals surface area contributed by atoms with Crippen molar-refractivity contribution in [2.45, 2.75) is 46.0 Å². The van der Waals surface area contributed by atoms with E-state index in [1.165, 1.54) is 17.5 Å². The van der Waals surface area contributed by atoms with Crippen molar-refractivity contribution < 1.29 is 10.0 Å². The molecule has 0 fully saturated rings. The number of benzene rings is 1. The van der Waals surface area contributed by atoms with E-state index in [2.05, 4.69) is 16.5 Å². The van der Waals surface area contributed by atoms with Gasteiger partial charge in [-0.2, -0.15) is 0 Å². The Balaban J connectivity index is 2.23. The van der Waals surface area contributed by atoms with Crippen molar-refractivity contribution in [3.8, 4) is 0 Å². The highest BCUT2D eigenvalue weighted by atomic mass is 16.4. The van der Waals surface area contributed by atoms with Gasteiger partial charge in [0.15, 0.2) is 5.84 Å². The summed E-state index contributed by atoms with van der Waals surface area (Å²) in [5, 5.41) is 14.9. The Kier molecular flexibility index (Phi) is 4.50. The number of rotatable bonds is 5. The fourth-order valence-corrected chi connectivity index (χ4v) is 3.05. The van der Waals surface area contributed by atoms with E-state index in [9.17, 15) is 4.79 Å². The standard InChI is InChI=1S/C16H23N3O2/c1-3-16(4-2,14(17)19-21)15(20)18-13-9-8-11-6-5-7-12(11)10-13/h8-10,21H,3-7H2,1-2H3,(H2,17,19)(H,18,20). The van der Waals surface area contributed by atoms with Gasteiger partial charge in [-0.25, -0.2) is 0 Å². The van der Waals surface area contributed by atoms with E-state index in [0.29, 0.717) is 12.8 Å². The topological polar surface area (TPSA) is 87.7 Å². The molecule has 0 heterocycles. The molecule has 114 valence electrons. The van der Waals surface area contributed by atoms with Crippen LogP contribution in [0.5, 0.6) is 0 Å². The van der Waals surface area contributed by atoms with Crippen molar-refractivity contribution in [3.05, 3.63) is 29.3 Å². The summed E-state index contributed by atoms with van der Waals surface area (Å²) in [6.45, 7) is 3.73. The van der Waals surface area contributed by atoms with Crippen LogP contribution in [0.4, 0.5) is 5.69 Å². The molecule has 0 aliphatic heterocycles. The molecule has 0 atom stereocenters. The van der Waals surface area contributed by atoms with Crippen LogP contribution in [0, 0.1) is 5.41 Å². The number of anilines is 1. The normalized spacial score (nSPS) is 14.9. The quantitative estimate of drug-likeness (QED) is 0.337. The van der Waals surface area contributed by atoms with Gasteiger partial charge in [0, 0.05) is 5.69 Å². The SMILES string of the molecule is CCC(CC)(C(=O)Nc1ccc2c(c1)CCC2)C(N)=NO. The molecule has 1 aromatic carbocycles. The first-order chi connectivity index (χ1) is 10.1. The highest BCUT2D eigenvalue weighted by molar-refractivity contribution is 6.11. The first-order valence-corrected chi connectivity index (χ1v) is 7.48. The van der Waals surface area contributed by atoms with E-state index in [0.717, 1.165) is 18.5 Å². The van der Waals surface area contributed by atoms with Crippen molar-refractivity contribution in [2.24, 2.45) is 16.3 Å². The number of carbonyl (C=O) groups excluding carboxylic acids is 1. The van der Waals surface area contributed by atoms with E-state index >= 15 is 0 Å². The lowest BCUT2D eigenvalue weighted by molar-refractivity contribution is -0.122. The molecule has 0 radical (unpaired) electrons. The summed E-state index contributed by atoms with van der Waals surface area (Å²) in [5.41, 5.74) is 8.23. The first-order valence-electron chi connectivity index (χ1n) is 7.48. The van der Waals surface area contributed by atoms with Crippen molar-refractivity contribution in [2.75, 3.05) is 5.32 Å². The largest absolute Gasteiger partial charge is 0.409 e. The molecule has 1 aromatic rings. The zero-order chi connectivity index (χ0) is 15.5. The fraction of sp³-hybridized carbons (Fsp3) is 0.500. The molecule has 21 heavy (non-hydrogen) atoms. The molecule has 0 saturated heterocycles. The van der Waals surface area contributed by atoms with Gasteiger partial charge in [-0.05, 0) is 55.4 Å². The summed E-state index contributed by atoms with van der Waals surface area (Å²) in [7, 11) is 0. The number of amidine groups is 1. The number of amides is 1. The monoisotopic (exact) mass is 289 g/mol. The van der Waals surface area contributed by atoms with E-state index in [-0.39, 0.29) is 11.7 Å². The number of nitrogens with two attached hydrogens (primary N) is 1. The predicted octanol–water partition coefficient (Wildman–Crippen LogP) is 2.67. The zero-order valence-electron chi connectivity index (χ0n) is 12.6. The molecule has 5 heteroatoms. The molecule has 2 rings (SSSR count). The van der Waals surface area contributed by atoms with Crippen LogP contribution in [0.1, 0.15) is 44.2 Å². The van der Waals surface area contributed by atoms with E-state index in [1.807, 2.05) is 26.0 Å². The molecular formula is C16H23N3O2. The molecule has 0 spiro atoms. The van der Waals surface area contributed by atoms with Crippen molar-refractivity contribution in [3.63, 3.8) is 0 Å².